The number of benzene rings is 2. The van der Waals surface area contributed by atoms with Crippen molar-refractivity contribution in [2.45, 2.75) is 31.1 Å². The number of hydrogen-bond acceptors (Lipinski definition) is 2. The van der Waals surface area contributed by atoms with Crippen molar-refractivity contribution in [2.75, 3.05) is 11.5 Å². The normalized spacial score (nSPS) is 20.7. The second kappa shape index (κ2) is 5.04. The first kappa shape index (κ1) is 15.1. The molecule has 0 radical (unpaired) electrons. The van der Waals surface area contributed by atoms with Crippen LogP contribution in [0.25, 0.3) is 11.1 Å². The molecule has 0 saturated heterocycles. The standard InChI is InChI=1S/C25H22N2/c26-15-9-11-19-20-12-10-16(27)14-24(20)25(23(19)13-15)21-7-3-1-5-17(21)18-6-2-4-8-22(18)25/h1-2,5-6,9-14H,3-4,7-8,26-27H2. The molecule has 2 heteroatoms. The third-order valence-electron chi connectivity index (χ3n) is 6.72. The molecule has 2 aromatic rings. The summed E-state index contributed by atoms with van der Waals surface area (Å²) in [4.78, 5) is 0. The highest BCUT2D eigenvalue weighted by atomic mass is 14.6. The predicted molar refractivity (Wildman–Crippen MR) is 112 cm³/mol. The molecule has 4 aliphatic carbocycles. The molecule has 132 valence electrons. The maximum Gasteiger partial charge on any atom is 0.0653 e. The van der Waals surface area contributed by atoms with Gasteiger partial charge in [0.2, 0.25) is 0 Å². The zero-order valence-corrected chi connectivity index (χ0v) is 15.3. The van der Waals surface area contributed by atoms with Gasteiger partial charge in [-0.1, -0.05) is 36.4 Å². The first-order valence-electron chi connectivity index (χ1n) is 9.82. The molecule has 2 aromatic carbocycles. The number of nitrogens with two attached hydrogens (primary N) is 2. The molecule has 1 spiro atoms. The zero-order chi connectivity index (χ0) is 18.2. The lowest BCUT2D eigenvalue weighted by atomic mass is 9.66. The third-order valence-corrected chi connectivity index (χ3v) is 6.72. The second-order valence-electron chi connectivity index (χ2n) is 8.03. The van der Waals surface area contributed by atoms with Gasteiger partial charge in [-0.05, 0) is 94.5 Å². The van der Waals surface area contributed by atoms with Crippen molar-refractivity contribution in [3.8, 4) is 11.1 Å². The second-order valence-corrected chi connectivity index (χ2v) is 8.03. The molecule has 0 unspecified atom stereocenters. The van der Waals surface area contributed by atoms with Crippen LogP contribution in [0.15, 0.2) is 83.0 Å². The maximum absolute atomic E-state index is 6.30. The summed E-state index contributed by atoms with van der Waals surface area (Å²) in [5.74, 6) is 0. The lowest BCUT2D eigenvalue weighted by molar-refractivity contribution is 0.657. The quantitative estimate of drug-likeness (QED) is 0.623. The van der Waals surface area contributed by atoms with Crippen LogP contribution in [0, 0.1) is 0 Å². The Labute approximate surface area is 159 Å². The van der Waals surface area contributed by atoms with Gasteiger partial charge in [-0.3, -0.25) is 0 Å². The lowest BCUT2D eigenvalue weighted by Gasteiger charge is -2.36. The number of nitrogen functional groups attached to an aromatic ring is 2. The molecule has 2 nitrogen and oxygen atoms in total. The molecule has 0 heterocycles. The van der Waals surface area contributed by atoms with Gasteiger partial charge < -0.3 is 11.5 Å². The highest BCUT2D eigenvalue weighted by molar-refractivity contribution is 5.91. The summed E-state index contributed by atoms with van der Waals surface area (Å²) in [6, 6.07) is 12.9. The Hall–Kier alpha value is -3.00. The Morgan fingerprint density at radius 3 is 1.63 bits per heavy atom. The number of allylic oxidation sites excluding steroid dienone is 8. The van der Waals surface area contributed by atoms with Gasteiger partial charge in [0.25, 0.3) is 0 Å². The summed E-state index contributed by atoms with van der Waals surface area (Å²) >= 11 is 0. The Balaban J connectivity index is 1.81. The first-order valence-corrected chi connectivity index (χ1v) is 9.82. The van der Waals surface area contributed by atoms with Gasteiger partial charge in [0.15, 0.2) is 0 Å². The van der Waals surface area contributed by atoms with Crippen LogP contribution in [0.5, 0.6) is 0 Å². The molecule has 4 aliphatic rings. The van der Waals surface area contributed by atoms with E-state index in [1.54, 1.807) is 0 Å². The van der Waals surface area contributed by atoms with Crippen LogP contribution in [0.4, 0.5) is 11.4 Å². The Bertz CT molecular complexity index is 1050. The molecule has 27 heavy (non-hydrogen) atoms. The minimum absolute atomic E-state index is 0.185. The van der Waals surface area contributed by atoms with Gasteiger partial charge in [-0.25, -0.2) is 0 Å². The summed E-state index contributed by atoms with van der Waals surface area (Å²) in [5.41, 5.74) is 25.3. The van der Waals surface area contributed by atoms with E-state index in [-0.39, 0.29) is 5.41 Å². The molecule has 4 N–H and O–H groups in total. The van der Waals surface area contributed by atoms with Crippen molar-refractivity contribution < 1.29 is 0 Å². The van der Waals surface area contributed by atoms with Crippen molar-refractivity contribution in [3.63, 3.8) is 0 Å². The molecule has 0 aliphatic heterocycles. The van der Waals surface area contributed by atoms with E-state index in [2.05, 4.69) is 48.6 Å². The average molecular weight is 350 g/mol. The van der Waals surface area contributed by atoms with Crippen molar-refractivity contribution in [2.24, 2.45) is 0 Å². The van der Waals surface area contributed by atoms with E-state index < -0.39 is 0 Å². The summed E-state index contributed by atoms with van der Waals surface area (Å²) in [6.45, 7) is 0. The maximum atomic E-state index is 6.30. The van der Waals surface area contributed by atoms with Crippen molar-refractivity contribution in [1.29, 1.82) is 0 Å². The first-order chi connectivity index (χ1) is 13.2. The van der Waals surface area contributed by atoms with Crippen molar-refractivity contribution in [1.82, 2.24) is 0 Å². The Morgan fingerprint density at radius 2 is 1.15 bits per heavy atom. The molecular formula is C25H22N2. The van der Waals surface area contributed by atoms with Gasteiger partial charge in [-0.15, -0.1) is 0 Å². The van der Waals surface area contributed by atoms with Crippen LogP contribution in [0.2, 0.25) is 0 Å². The van der Waals surface area contributed by atoms with Gasteiger partial charge >= 0.3 is 0 Å². The van der Waals surface area contributed by atoms with E-state index in [1.807, 2.05) is 12.1 Å². The van der Waals surface area contributed by atoms with Crippen molar-refractivity contribution >= 4 is 11.4 Å². The fourth-order valence-corrected chi connectivity index (χ4v) is 5.80. The van der Waals surface area contributed by atoms with E-state index >= 15 is 0 Å². The van der Waals surface area contributed by atoms with E-state index in [0.29, 0.717) is 0 Å². The summed E-state index contributed by atoms with van der Waals surface area (Å²) in [5, 5.41) is 0. The molecule has 0 atom stereocenters. The minimum atomic E-state index is -0.185. The SMILES string of the molecule is Nc1ccc2c(c1)C1(C3=C(C=CCC3)C3=C1CCC=C3)c1cc(N)ccc1-2. The predicted octanol–water partition coefficient (Wildman–Crippen LogP) is 5.42. The van der Waals surface area contributed by atoms with Gasteiger partial charge in [-0.2, -0.15) is 0 Å². The molecule has 0 saturated carbocycles. The average Bonchev–Trinajstić information content (AvgIpc) is 3.14. The van der Waals surface area contributed by atoms with Crippen LogP contribution in [-0.4, -0.2) is 0 Å². The largest absolute Gasteiger partial charge is 0.399 e. The van der Waals surface area contributed by atoms with E-state index in [4.69, 9.17) is 11.5 Å². The molecule has 6 rings (SSSR count). The summed E-state index contributed by atoms with van der Waals surface area (Å²) < 4.78 is 0. The fraction of sp³-hybridized carbons (Fsp3) is 0.200. The molecule has 0 aromatic heterocycles. The lowest BCUT2D eigenvalue weighted by Crippen LogP contribution is -2.29. The molecule has 0 bridgehead atoms. The monoisotopic (exact) mass is 350 g/mol. The summed E-state index contributed by atoms with van der Waals surface area (Å²) in [6.07, 6.45) is 13.7. The molecule has 0 amide bonds. The van der Waals surface area contributed by atoms with E-state index in [1.165, 1.54) is 44.5 Å². The highest BCUT2D eigenvalue weighted by Gasteiger charge is 2.53. The van der Waals surface area contributed by atoms with Crippen molar-refractivity contribution in [3.05, 3.63) is 94.1 Å². The fourth-order valence-electron chi connectivity index (χ4n) is 5.80. The number of hydrogen-bond donors (Lipinski definition) is 2. The van der Waals surface area contributed by atoms with E-state index in [9.17, 15) is 0 Å². The number of rotatable bonds is 0. The Kier molecular flexibility index (Phi) is 2.82. The smallest absolute Gasteiger partial charge is 0.0653 e. The van der Waals surface area contributed by atoms with E-state index in [0.717, 1.165) is 37.1 Å². The van der Waals surface area contributed by atoms with Gasteiger partial charge in [0.05, 0.1) is 5.41 Å². The van der Waals surface area contributed by atoms with Crippen LogP contribution >= 0.6 is 0 Å². The van der Waals surface area contributed by atoms with Gasteiger partial charge in [0.1, 0.15) is 0 Å². The van der Waals surface area contributed by atoms with Crippen LogP contribution in [-0.2, 0) is 5.41 Å². The Morgan fingerprint density at radius 1 is 0.667 bits per heavy atom. The number of anilines is 2. The van der Waals surface area contributed by atoms with Crippen LogP contribution < -0.4 is 11.5 Å². The summed E-state index contributed by atoms with van der Waals surface area (Å²) in [7, 11) is 0. The van der Waals surface area contributed by atoms with Crippen LogP contribution in [0.1, 0.15) is 36.8 Å². The topological polar surface area (TPSA) is 52.0 Å². The third kappa shape index (κ3) is 1.71. The molecule has 0 fully saturated rings. The zero-order valence-electron chi connectivity index (χ0n) is 15.3. The van der Waals surface area contributed by atoms with Crippen LogP contribution in [0.3, 0.4) is 0 Å². The highest BCUT2D eigenvalue weighted by Crippen LogP contribution is 2.64. The van der Waals surface area contributed by atoms with Gasteiger partial charge in [0, 0.05) is 11.4 Å². The number of fused-ring (bicyclic) bond motifs is 8. The minimum Gasteiger partial charge on any atom is -0.399 e. The molecular weight excluding hydrogens is 328 g/mol.